The third-order valence-electron chi connectivity index (χ3n) is 3.03. The maximum Gasteiger partial charge on any atom is 0.225 e. The van der Waals surface area contributed by atoms with Gasteiger partial charge in [0.05, 0.1) is 0 Å². The minimum atomic E-state index is -0.0730. The Hall–Kier alpha value is -1.35. The van der Waals surface area contributed by atoms with Crippen molar-refractivity contribution in [2.75, 3.05) is 0 Å². The van der Waals surface area contributed by atoms with E-state index < -0.39 is 0 Å². The molecule has 0 amide bonds. The first kappa shape index (κ1) is 12.1. The summed E-state index contributed by atoms with van der Waals surface area (Å²) in [4.78, 5) is 0. The van der Waals surface area contributed by atoms with Gasteiger partial charge >= 0.3 is 0 Å². The van der Waals surface area contributed by atoms with E-state index in [9.17, 15) is 0 Å². The van der Waals surface area contributed by atoms with Gasteiger partial charge in [-0.1, -0.05) is 30.3 Å². The standard InChI is InChI=1S/C13H16ClN3/c1-13(2,17-10-15-16-12(17)14)9-8-11-6-4-3-5-7-11/h3-7,10H,8-9H2,1-2H3. The first-order valence-electron chi connectivity index (χ1n) is 5.69. The largest absolute Gasteiger partial charge is 0.299 e. The van der Waals surface area contributed by atoms with Crippen LogP contribution >= 0.6 is 11.6 Å². The van der Waals surface area contributed by atoms with Crippen molar-refractivity contribution < 1.29 is 0 Å². The van der Waals surface area contributed by atoms with Crippen LogP contribution in [0.25, 0.3) is 0 Å². The summed E-state index contributed by atoms with van der Waals surface area (Å²) in [5, 5.41) is 8.09. The molecule has 1 heterocycles. The van der Waals surface area contributed by atoms with Crippen LogP contribution in [0.1, 0.15) is 25.8 Å². The Labute approximate surface area is 106 Å². The van der Waals surface area contributed by atoms with Gasteiger partial charge in [0, 0.05) is 5.54 Å². The number of hydrogen-bond acceptors (Lipinski definition) is 2. The molecule has 0 fully saturated rings. The number of hydrogen-bond donors (Lipinski definition) is 0. The van der Waals surface area contributed by atoms with Gasteiger partial charge in [-0.3, -0.25) is 4.57 Å². The van der Waals surface area contributed by atoms with Crippen LogP contribution in [0.5, 0.6) is 0 Å². The van der Waals surface area contributed by atoms with E-state index in [1.54, 1.807) is 6.33 Å². The monoisotopic (exact) mass is 249 g/mol. The summed E-state index contributed by atoms with van der Waals surface area (Å²) in [5.74, 6) is 0. The summed E-state index contributed by atoms with van der Waals surface area (Å²) in [5.41, 5.74) is 1.26. The summed E-state index contributed by atoms with van der Waals surface area (Å²) in [6.45, 7) is 4.29. The van der Waals surface area contributed by atoms with Crippen molar-refractivity contribution in [1.29, 1.82) is 0 Å². The molecule has 0 saturated heterocycles. The zero-order valence-corrected chi connectivity index (χ0v) is 10.9. The second kappa shape index (κ2) is 4.88. The van der Waals surface area contributed by atoms with Crippen molar-refractivity contribution >= 4 is 11.6 Å². The zero-order valence-electron chi connectivity index (χ0n) is 10.1. The molecular formula is C13H16ClN3. The predicted octanol–water partition coefficient (Wildman–Crippen LogP) is 3.30. The van der Waals surface area contributed by atoms with Gasteiger partial charge in [0.1, 0.15) is 6.33 Å². The molecule has 0 aliphatic rings. The van der Waals surface area contributed by atoms with E-state index in [2.05, 4.69) is 48.3 Å². The molecule has 3 nitrogen and oxygen atoms in total. The SMILES string of the molecule is CC(C)(CCc1ccccc1)n1cnnc1Cl. The summed E-state index contributed by atoms with van der Waals surface area (Å²) >= 11 is 6.00. The Morgan fingerprint density at radius 3 is 2.53 bits per heavy atom. The maximum atomic E-state index is 6.00. The summed E-state index contributed by atoms with van der Waals surface area (Å²) < 4.78 is 1.91. The van der Waals surface area contributed by atoms with Crippen molar-refractivity contribution in [1.82, 2.24) is 14.8 Å². The minimum Gasteiger partial charge on any atom is -0.299 e. The number of aromatic nitrogens is 3. The molecule has 0 unspecified atom stereocenters. The lowest BCUT2D eigenvalue weighted by atomic mass is 9.95. The van der Waals surface area contributed by atoms with E-state index in [1.165, 1.54) is 5.56 Å². The lowest BCUT2D eigenvalue weighted by molar-refractivity contribution is 0.327. The van der Waals surface area contributed by atoms with E-state index >= 15 is 0 Å². The van der Waals surface area contributed by atoms with Crippen molar-refractivity contribution in [3.63, 3.8) is 0 Å². The van der Waals surface area contributed by atoms with E-state index in [0.29, 0.717) is 5.28 Å². The Balaban J connectivity index is 2.06. The van der Waals surface area contributed by atoms with Crippen LogP contribution < -0.4 is 0 Å². The van der Waals surface area contributed by atoms with Gasteiger partial charge in [-0.2, -0.15) is 0 Å². The minimum absolute atomic E-state index is 0.0730. The smallest absolute Gasteiger partial charge is 0.225 e. The van der Waals surface area contributed by atoms with Crippen LogP contribution in [0, 0.1) is 0 Å². The number of benzene rings is 1. The van der Waals surface area contributed by atoms with Crippen LogP contribution in [0.15, 0.2) is 36.7 Å². The number of aryl methyl sites for hydroxylation is 1. The Bertz CT molecular complexity index is 476. The third kappa shape index (κ3) is 2.86. The lowest BCUT2D eigenvalue weighted by Gasteiger charge is -2.26. The highest BCUT2D eigenvalue weighted by molar-refractivity contribution is 6.28. The highest BCUT2D eigenvalue weighted by Gasteiger charge is 2.22. The fraction of sp³-hybridized carbons (Fsp3) is 0.385. The van der Waals surface area contributed by atoms with E-state index in [-0.39, 0.29) is 5.54 Å². The Kier molecular flexibility index (Phi) is 3.48. The summed E-state index contributed by atoms with van der Waals surface area (Å²) in [7, 11) is 0. The van der Waals surface area contributed by atoms with Crippen LogP contribution in [0.2, 0.25) is 5.28 Å². The van der Waals surface area contributed by atoms with Gasteiger partial charge in [-0.15, -0.1) is 10.2 Å². The molecule has 0 N–H and O–H groups in total. The quantitative estimate of drug-likeness (QED) is 0.833. The molecule has 0 radical (unpaired) electrons. The molecule has 2 aromatic rings. The van der Waals surface area contributed by atoms with Crippen LogP contribution in [-0.2, 0) is 12.0 Å². The van der Waals surface area contributed by atoms with Gasteiger partial charge in [0.25, 0.3) is 0 Å². The molecule has 4 heteroatoms. The second-order valence-electron chi connectivity index (χ2n) is 4.77. The van der Waals surface area contributed by atoms with Crippen molar-refractivity contribution in [3.05, 3.63) is 47.5 Å². The second-order valence-corrected chi connectivity index (χ2v) is 5.11. The molecule has 0 aliphatic carbocycles. The molecule has 0 saturated carbocycles. The summed E-state index contributed by atoms with van der Waals surface area (Å²) in [6, 6.07) is 10.4. The average Bonchev–Trinajstić information content (AvgIpc) is 2.75. The van der Waals surface area contributed by atoms with Crippen LogP contribution in [0.3, 0.4) is 0 Å². The molecule has 0 bridgehead atoms. The van der Waals surface area contributed by atoms with Crippen molar-refractivity contribution in [2.24, 2.45) is 0 Å². The number of nitrogens with zero attached hydrogens (tertiary/aromatic N) is 3. The van der Waals surface area contributed by atoms with E-state index in [1.807, 2.05) is 10.6 Å². The first-order chi connectivity index (χ1) is 8.09. The highest BCUT2D eigenvalue weighted by Crippen LogP contribution is 2.24. The fourth-order valence-electron chi connectivity index (χ4n) is 1.84. The van der Waals surface area contributed by atoms with Gasteiger partial charge < -0.3 is 0 Å². The average molecular weight is 250 g/mol. The Morgan fingerprint density at radius 1 is 1.24 bits per heavy atom. The normalized spacial score (nSPS) is 11.7. The number of rotatable bonds is 4. The molecular weight excluding hydrogens is 234 g/mol. The van der Waals surface area contributed by atoms with Gasteiger partial charge in [-0.05, 0) is 43.9 Å². The highest BCUT2D eigenvalue weighted by atomic mass is 35.5. The van der Waals surface area contributed by atoms with Gasteiger partial charge in [-0.25, -0.2) is 0 Å². The van der Waals surface area contributed by atoms with Crippen LogP contribution in [-0.4, -0.2) is 14.8 Å². The van der Waals surface area contributed by atoms with E-state index in [4.69, 9.17) is 11.6 Å². The fourth-order valence-corrected chi connectivity index (χ4v) is 2.16. The molecule has 17 heavy (non-hydrogen) atoms. The van der Waals surface area contributed by atoms with Gasteiger partial charge in [0.2, 0.25) is 5.28 Å². The molecule has 1 aromatic heterocycles. The third-order valence-corrected chi connectivity index (χ3v) is 3.28. The van der Waals surface area contributed by atoms with Crippen molar-refractivity contribution in [3.8, 4) is 0 Å². The molecule has 90 valence electrons. The maximum absolute atomic E-state index is 6.00. The predicted molar refractivity (Wildman–Crippen MR) is 69.1 cm³/mol. The lowest BCUT2D eigenvalue weighted by Crippen LogP contribution is -2.26. The summed E-state index contributed by atoms with van der Waals surface area (Å²) in [6.07, 6.45) is 3.70. The van der Waals surface area contributed by atoms with Crippen LogP contribution in [0.4, 0.5) is 0 Å². The first-order valence-corrected chi connectivity index (χ1v) is 6.07. The zero-order chi connectivity index (χ0) is 12.3. The molecule has 0 spiro atoms. The van der Waals surface area contributed by atoms with Crippen molar-refractivity contribution in [2.45, 2.75) is 32.2 Å². The van der Waals surface area contributed by atoms with E-state index in [0.717, 1.165) is 12.8 Å². The molecule has 0 atom stereocenters. The molecule has 2 rings (SSSR count). The Morgan fingerprint density at radius 2 is 1.94 bits per heavy atom. The number of halogens is 1. The molecule has 0 aliphatic heterocycles. The topological polar surface area (TPSA) is 30.7 Å². The van der Waals surface area contributed by atoms with Gasteiger partial charge in [0.15, 0.2) is 0 Å². The molecule has 1 aromatic carbocycles.